The zero-order valence-corrected chi connectivity index (χ0v) is 66.7. The average Bonchev–Trinajstić information content (AvgIpc) is 1.63. The van der Waals surface area contributed by atoms with E-state index in [0.29, 0.717) is 113 Å². The highest BCUT2D eigenvalue weighted by Crippen LogP contribution is 2.46. The summed E-state index contributed by atoms with van der Waals surface area (Å²) >= 11 is 9.85. The number of thioether (sulfide) groups is 3. The van der Waals surface area contributed by atoms with Gasteiger partial charge in [-0.15, -0.1) is 52.7 Å². The lowest BCUT2D eigenvalue weighted by Gasteiger charge is -2.19. The molecular weight excluding hydrogens is 1460 g/mol. The third-order valence-electron chi connectivity index (χ3n) is 17.7. The molecule has 12 heterocycles. The lowest BCUT2D eigenvalue weighted by molar-refractivity contribution is -0.0400. The van der Waals surface area contributed by atoms with Gasteiger partial charge in [0, 0.05) is 30.5 Å². The van der Waals surface area contributed by atoms with Crippen LogP contribution >= 0.6 is 75.0 Å². The number of aliphatic hydroxyl groups is 8. The Kier molecular flexibility index (Phi) is 27.1. The maximum Gasteiger partial charge on any atom is 0.181 e. The lowest BCUT2D eigenvalue weighted by atomic mass is 10.1. The molecule has 102 heavy (non-hydrogen) atoms. The van der Waals surface area contributed by atoms with Crippen LogP contribution in [0.15, 0.2) is 64.5 Å². The number of aromatic nitrogens is 12. The van der Waals surface area contributed by atoms with Crippen LogP contribution in [-0.2, 0) is 18.9 Å². The molecule has 0 radical (unpaired) electrons. The normalized spacial score (nSPS) is 26.9. The smallest absolute Gasteiger partial charge is 0.181 e. The zero-order valence-electron chi connectivity index (χ0n) is 59.8. The van der Waals surface area contributed by atoms with Crippen molar-refractivity contribution in [2.45, 2.75) is 160 Å². The standard InChI is InChI=1S/C18H29N4O3PS.C17H27N4O3PS.C16H25N4O3PS.C15H23N4O3PS/c1-5-10-27-18-21-13-11(19)6-8-20-16(13)22(18)17-15(24)14(23)12(25-17)7-9-26(2,3)4;1-5-26-17-20-12-10(18)6-8-19-15(12)21(17)16-14(23)13(22)11(24-16)7-9-25(2,3)4;1-24(2,3)8-6-10-12(21)13(22)15(23-10)20-14-11(19-16(20)25-4)9(17)5-7-18-14;1-23(2,3)7-5-9-11(20)12(21)14(22-9)19-13-10(18-15(19)24)8(16)4-6-17-13/h6,8,12,14-15,17,23-24H,2,5,7,9-10H2,1,3-4H3,(H2,19,20);6,8,11,13-14,16,22-23H,2,5,7,9H2,1,3-4H3,(H2,18,19);5,7,10,12-13,15,21-22H,1,6,8H2,2-4H3,(H2,17,18);4,6,9,11-12,14,20-21H,1,5,7H2,2-3H3,(H2,16,17)(H,18,24)/t12-,14-,15-,17-;11-,13-,14-,16-;10-,12-,13-,15-;9-,11-,12-,14-/m1111/s1. The molecule has 4 saturated heterocycles. The molecule has 17 N–H and O–H groups in total. The molecule has 0 aliphatic carbocycles. The number of aromatic amines is 1. The first-order valence-corrected chi connectivity index (χ1v) is 49.5. The van der Waals surface area contributed by atoms with Crippen LogP contribution in [0, 0.1) is 4.77 Å². The molecule has 8 aromatic rings. The molecule has 4 aliphatic heterocycles. The predicted octanol–water partition coefficient (Wildman–Crippen LogP) is 6.93. The number of H-pyrrole nitrogens is 1. The minimum Gasteiger partial charge on any atom is -0.397 e. The summed E-state index contributed by atoms with van der Waals surface area (Å²) in [4.78, 5) is 34.1. The highest BCUT2D eigenvalue weighted by atomic mass is 32.2. The fourth-order valence-electron chi connectivity index (χ4n) is 12.2. The van der Waals surface area contributed by atoms with E-state index in [1.807, 2.05) is 13.2 Å². The largest absolute Gasteiger partial charge is 0.397 e. The lowest BCUT2D eigenvalue weighted by Crippen LogP contribution is -2.32. The van der Waals surface area contributed by atoms with Crippen LogP contribution in [0.3, 0.4) is 0 Å². The first kappa shape index (κ1) is 81.7. The molecule has 8 aromatic heterocycles. The molecule has 0 bridgehead atoms. The summed E-state index contributed by atoms with van der Waals surface area (Å²) in [6, 6.07) is 6.76. The van der Waals surface area contributed by atoms with Crippen LogP contribution in [0.1, 0.15) is 70.9 Å². The van der Waals surface area contributed by atoms with Crippen molar-refractivity contribution in [3.63, 3.8) is 0 Å². The monoisotopic (exact) mass is 1560 g/mol. The van der Waals surface area contributed by atoms with Crippen molar-refractivity contribution in [3.05, 3.63) is 53.8 Å². The van der Waals surface area contributed by atoms with Crippen LogP contribution in [0.5, 0.6) is 0 Å². The topological polar surface area (TPSA) is 429 Å². The summed E-state index contributed by atoms with van der Waals surface area (Å²) in [5.41, 5.74) is 30.7. The number of aliphatic hydroxyl groups excluding tert-OH is 8. The Labute approximate surface area is 613 Å². The molecule has 564 valence electrons. The van der Waals surface area contributed by atoms with Gasteiger partial charge < -0.3 is 87.7 Å². The van der Waals surface area contributed by atoms with Gasteiger partial charge in [-0.2, -0.15) is 0 Å². The molecule has 0 aromatic carbocycles. The van der Waals surface area contributed by atoms with E-state index in [4.69, 9.17) is 54.1 Å². The number of nitrogens with one attached hydrogen (secondary N) is 1. The van der Waals surface area contributed by atoms with Gasteiger partial charge in [0.25, 0.3) is 0 Å². The molecule has 16 atom stereocenters. The average molecular weight is 1570 g/mol. The van der Waals surface area contributed by atoms with Crippen molar-refractivity contribution in [2.75, 3.05) is 119 Å². The van der Waals surface area contributed by atoms with Crippen LogP contribution in [0.25, 0.3) is 44.7 Å². The number of fused-ring (bicyclic) bond motifs is 4. The van der Waals surface area contributed by atoms with Gasteiger partial charge in [0.15, 0.2) is 67.7 Å². The van der Waals surface area contributed by atoms with E-state index in [1.54, 1.807) is 79.1 Å². The van der Waals surface area contributed by atoms with E-state index in [0.717, 1.165) is 42.6 Å². The van der Waals surface area contributed by atoms with Gasteiger partial charge in [0.2, 0.25) is 0 Å². The van der Waals surface area contributed by atoms with E-state index < -0.39 is 126 Å². The molecule has 0 spiro atoms. The first-order valence-electron chi connectivity index (χ1n) is 33.6. The Hall–Kier alpha value is -4.33. The number of anilines is 4. The van der Waals surface area contributed by atoms with Crippen LogP contribution in [-0.4, -0.2) is 293 Å². The molecule has 36 heteroatoms. The summed E-state index contributed by atoms with van der Waals surface area (Å²) in [5, 5.41) is 86.3. The molecule has 12 rings (SSSR count). The van der Waals surface area contributed by atoms with Gasteiger partial charge in [-0.05, 0) is 159 Å². The van der Waals surface area contributed by atoms with Crippen LogP contribution < -0.4 is 22.9 Å². The molecule has 4 fully saturated rings. The number of hydrogen-bond donors (Lipinski definition) is 13. The quantitative estimate of drug-likeness (QED) is 0.0186. The SMILES string of the molecule is C=P(C)(C)CC[C@H]1O[C@@H](n2c(=S)[nH]c3c(N)ccnc32)[C@H](O)[C@@H]1O.C=P(C)(C)CC[C@H]1O[C@@H](n2c(SC)nc3c(N)ccnc32)[C@H](O)[C@@H]1O.C=P(C)(C)CC[C@H]1O[C@@H](n2c(SCC)nc3c(N)ccnc32)[C@H](O)[C@@H]1O.C=P(C)(C)CC[C@H]1O[C@@H](n2c(SCCC)nc3c(N)ccnc32)[C@H](O)[C@@H]1O. The highest BCUT2D eigenvalue weighted by Gasteiger charge is 2.49. The van der Waals surface area contributed by atoms with Gasteiger partial charge in [-0.1, -0.05) is 49.1 Å². The number of nitrogens with two attached hydrogens (primary N) is 4. The van der Waals surface area contributed by atoms with E-state index >= 15 is 0 Å². The predicted molar refractivity (Wildman–Crippen MR) is 430 cm³/mol. The van der Waals surface area contributed by atoms with Crippen molar-refractivity contribution in [3.8, 4) is 0 Å². The second-order valence-corrected chi connectivity index (χ2v) is 49.6. The third-order valence-corrected chi connectivity index (χ3v) is 26.5. The van der Waals surface area contributed by atoms with Crippen molar-refractivity contribution in [2.24, 2.45) is 0 Å². The number of ether oxygens (including phenoxy) is 4. The second-order valence-electron chi connectivity index (χ2n) is 28.9. The summed E-state index contributed by atoms with van der Waals surface area (Å²) < 4.78 is 31.4. The maximum atomic E-state index is 10.7. The molecule has 0 saturated carbocycles. The molecule has 28 nitrogen and oxygen atoms in total. The van der Waals surface area contributed by atoms with Crippen LogP contribution in [0.4, 0.5) is 22.7 Å². The van der Waals surface area contributed by atoms with E-state index in [9.17, 15) is 40.9 Å². The van der Waals surface area contributed by atoms with E-state index in [2.05, 4.69) is 125 Å². The van der Waals surface area contributed by atoms with Crippen molar-refractivity contribution in [1.29, 1.82) is 0 Å². The Morgan fingerprint density at radius 3 is 1.06 bits per heavy atom. The van der Waals surface area contributed by atoms with Gasteiger partial charge in [-0.3, -0.25) is 18.3 Å². The number of pyridine rings is 4. The summed E-state index contributed by atoms with van der Waals surface area (Å²) in [6.07, 6.45) is 19.4. The fraction of sp³-hybridized carbons (Fsp3) is 0.576. The second kappa shape index (κ2) is 33.9. The number of hydrogen-bond acceptors (Lipinski definition) is 27. The fourth-order valence-corrected chi connectivity index (χ4v) is 18.5. The minimum absolute atomic E-state index is 0.345. The van der Waals surface area contributed by atoms with E-state index in [1.165, 1.54) is 23.5 Å². The number of nitrogens with zero attached hydrogens (tertiary/aromatic N) is 11. The maximum absolute atomic E-state index is 10.7. The molecule has 4 aliphatic rings. The van der Waals surface area contributed by atoms with Gasteiger partial charge in [0.05, 0.1) is 47.2 Å². The molecular formula is C66H104N16O12P4S4. The number of nitrogen functional groups attached to an aromatic ring is 4. The summed E-state index contributed by atoms with van der Waals surface area (Å²) in [6.45, 7) is 16.3. The van der Waals surface area contributed by atoms with Crippen LogP contribution in [0.2, 0.25) is 0 Å². The summed E-state index contributed by atoms with van der Waals surface area (Å²) in [7, 11) is 0. The Balaban J connectivity index is 0.000000158. The number of imidazole rings is 4. The van der Waals surface area contributed by atoms with Gasteiger partial charge in [0.1, 0.15) is 70.9 Å². The van der Waals surface area contributed by atoms with Crippen molar-refractivity contribution >= 4 is 168 Å². The van der Waals surface area contributed by atoms with Gasteiger partial charge >= 0.3 is 0 Å². The minimum atomic E-state index is -1.24. The Morgan fingerprint density at radius 1 is 0.451 bits per heavy atom. The molecule has 0 amide bonds. The Morgan fingerprint density at radius 2 is 0.745 bits per heavy atom. The van der Waals surface area contributed by atoms with Crippen molar-refractivity contribution < 1.29 is 59.8 Å². The Bertz CT molecular complexity index is 4480. The molecule has 0 unspecified atom stereocenters. The first-order chi connectivity index (χ1) is 47.9. The highest BCUT2D eigenvalue weighted by molar-refractivity contribution is 7.99. The summed E-state index contributed by atoms with van der Waals surface area (Å²) in [5.74, 6) is 1.68. The van der Waals surface area contributed by atoms with Gasteiger partial charge in [-0.25, -0.2) is 34.9 Å². The third kappa shape index (κ3) is 19.0. The van der Waals surface area contributed by atoms with E-state index in [-0.39, 0.29) is 0 Å². The van der Waals surface area contributed by atoms with Crippen molar-refractivity contribution in [1.82, 2.24) is 58.1 Å². The zero-order chi connectivity index (χ0) is 74.8. The number of rotatable bonds is 22.